The van der Waals surface area contributed by atoms with Crippen molar-refractivity contribution in [3.63, 3.8) is 0 Å². The molecule has 1 aliphatic heterocycles. The number of nitrogens with one attached hydrogen (secondary N) is 1. The maximum Gasteiger partial charge on any atom is 0.0539 e. The summed E-state index contributed by atoms with van der Waals surface area (Å²) in [5.74, 6) is 0. The Balaban J connectivity index is 1.78. The van der Waals surface area contributed by atoms with E-state index in [0.29, 0.717) is 10.8 Å². The molecule has 0 unspecified atom stereocenters. The SMILES string of the molecule is COC[C@@]12CNCC[C@]1(c1ccc3ccccc3c1)C2. The zero-order valence-electron chi connectivity index (χ0n) is 12.0. The third kappa shape index (κ3) is 1.58. The molecular weight excluding hydrogens is 246 g/mol. The van der Waals surface area contributed by atoms with E-state index in [1.54, 1.807) is 0 Å². The summed E-state index contributed by atoms with van der Waals surface area (Å²) in [6.07, 6.45) is 2.49. The molecule has 20 heavy (non-hydrogen) atoms. The Morgan fingerprint density at radius 3 is 2.85 bits per heavy atom. The maximum atomic E-state index is 5.52. The fourth-order valence-corrected chi connectivity index (χ4v) is 4.30. The first-order chi connectivity index (χ1) is 9.80. The van der Waals surface area contributed by atoms with E-state index in [1.165, 1.54) is 29.2 Å². The minimum Gasteiger partial charge on any atom is -0.384 e. The lowest BCUT2D eigenvalue weighted by atomic mass is 9.80. The van der Waals surface area contributed by atoms with Gasteiger partial charge in [-0.25, -0.2) is 0 Å². The molecule has 1 heterocycles. The van der Waals surface area contributed by atoms with Gasteiger partial charge in [-0.3, -0.25) is 0 Å². The van der Waals surface area contributed by atoms with Gasteiger partial charge in [-0.15, -0.1) is 0 Å². The lowest BCUT2D eigenvalue weighted by molar-refractivity contribution is 0.116. The Labute approximate surface area is 120 Å². The van der Waals surface area contributed by atoms with Gasteiger partial charge in [0.05, 0.1) is 6.61 Å². The van der Waals surface area contributed by atoms with E-state index in [9.17, 15) is 0 Å². The molecule has 1 aliphatic carbocycles. The summed E-state index contributed by atoms with van der Waals surface area (Å²) < 4.78 is 5.52. The van der Waals surface area contributed by atoms with E-state index in [-0.39, 0.29) is 0 Å². The van der Waals surface area contributed by atoms with Gasteiger partial charge >= 0.3 is 0 Å². The van der Waals surface area contributed by atoms with Crippen LogP contribution >= 0.6 is 0 Å². The standard InChI is InChI=1S/C18H21NO/c1-20-13-17-11-18(17,8-9-19-12-17)16-7-6-14-4-2-3-5-15(14)10-16/h2-7,10,19H,8-9,11-13H2,1H3/t17-,18-/m1/s1. The van der Waals surface area contributed by atoms with Gasteiger partial charge in [-0.1, -0.05) is 42.5 Å². The predicted molar refractivity (Wildman–Crippen MR) is 82.0 cm³/mol. The van der Waals surface area contributed by atoms with Crippen LogP contribution in [0.2, 0.25) is 0 Å². The van der Waals surface area contributed by atoms with Crippen molar-refractivity contribution in [2.45, 2.75) is 18.3 Å². The fourth-order valence-electron chi connectivity index (χ4n) is 4.30. The minimum atomic E-state index is 0.322. The van der Waals surface area contributed by atoms with E-state index < -0.39 is 0 Å². The molecule has 2 fully saturated rings. The third-order valence-electron chi connectivity index (χ3n) is 5.44. The van der Waals surface area contributed by atoms with Gasteiger partial charge in [-0.2, -0.15) is 0 Å². The van der Waals surface area contributed by atoms with Crippen LogP contribution in [-0.2, 0) is 10.2 Å². The Hall–Kier alpha value is -1.38. The van der Waals surface area contributed by atoms with Crippen LogP contribution in [0.5, 0.6) is 0 Å². The minimum absolute atomic E-state index is 0.322. The normalized spacial score (nSPS) is 32.0. The molecule has 0 spiro atoms. The summed E-state index contributed by atoms with van der Waals surface area (Å²) in [4.78, 5) is 0. The highest BCUT2D eigenvalue weighted by molar-refractivity contribution is 5.83. The molecule has 104 valence electrons. The van der Waals surface area contributed by atoms with Crippen LogP contribution in [-0.4, -0.2) is 26.8 Å². The fraction of sp³-hybridized carbons (Fsp3) is 0.444. The van der Waals surface area contributed by atoms with Gasteiger partial charge < -0.3 is 10.1 Å². The van der Waals surface area contributed by atoms with Crippen molar-refractivity contribution in [3.8, 4) is 0 Å². The second kappa shape index (κ2) is 4.31. The van der Waals surface area contributed by atoms with Gasteiger partial charge in [0.25, 0.3) is 0 Å². The van der Waals surface area contributed by atoms with Gasteiger partial charge in [-0.05, 0) is 35.7 Å². The summed E-state index contributed by atoms with van der Waals surface area (Å²) in [7, 11) is 1.83. The van der Waals surface area contributed by atoms with Crippen LogP contribution in [0.4, 0.5) is 0 Å². The molecule has 1 saturated heterocycles. The third-order valence-corrected chi connectivity index (χ3v) is 5.44. The van der Waals surface area contributed by atoms with E-state index in [2.05, 4.69) is 47.8 Å². The van der Waals surface area contributed by atoms with Crippen LogP contribution in [0.1, 0.15) is 18.4 Å². The number of rotatable bonds is 3. The molecular formula is C18H21NO. The Bertz CT molecular complexity index is 649. The highest BCUT2D eigenvalue weighted by atomic mass is 16.5. The molecule has 2 aliphatic rings. The molecule has 0 amide bonds. The van der Waals surface area contributed by atoms with Crippen molar-refractivity contribution < 1.29 is 4.74 Å². The molecule has 2 aromatic carbocycles. The second-order valence-electron chi connectivity index (χ2n) is 6.46. The van der Waals surface area contributed by atoms with Crippen LogP contribution in [0.3, 0.4) is 0 Å². The highest BCUT2D eigenvalue weighted by Crippen LogP contribution is 2.67. The van der Waals surface area contributed by atoms with Crippen molar-refractivity contribution in [2.24, 2.45) is 5.41 Å². The summed E-state index contributed by atoms with van der Waals surface area (Å²) in [6, 6.07) is 15.7. The lowest BCUT2D eigenvalue weighted by Crippen LogP contribution is -2.40. The first kappa shape index (κ1) is 12.4. The molecule has 1 N–H and O–H groups in total. The quantitative estimate of drug-likeness (QED) is 0.922. The zero-order valence-corrected chi connectivity index (χ0v) is 12.0. The van der Waals surface area contributed by atoms with E-state index in [1.807, 2.05) is 7.11 Å². The van der Waals surface area contributed by atoms with Crippen molar-refractivity contribution >= 4 is 10.8 Å². The second-order valence-corrected chi connectivity index (χ2v) is 6.46. The topological polar surface area (TPSA) is 21.3 Å². The average Bonchev–Trinajstić information content (AvgIpc) is 3.17. The Morgan fingerprint density at radius 1 is 1.15 bits per heavy atom. The summed E-state index contributed by atoms with van der Waals surface area (Å²) in [5.41, 5.74) is 2.18. The van der Waals surface area contributed by atoms with E-state index >= 15 is 0 Å². The van der Waals surface area contributed by atoms with Crippen molar-refractivity contribution in [1.82, 2.24) is 5.32 Å². The molecule has 4 rings (SSSR count). The van der Waals surface area contributed by atoms with Crippen molar-refractivity contribution in [2.75, 3.05) is 26.8 Å². The number of hydrogen-bond acceptors (Lipinski definition) is 2. The maximum absolute atomic E-state index is 5.52. The molecule has 1 saturated carbocycles. The Kier molecular flexibility index (Phi) is 2.66. The first-order valence-electron chi connectivity index (χ1n) is 7.49. The van der Waals surface area contributed by atoms with Gasteiger partial charge in [0.2, 0.25) is 0 Å². The van der Waals surface area contributed by atoms with Crippen LogP contribution in [0, 0.1) is 5.41 Å². The van der Waals surface area contributed by atoms with Crippen molar-refractivity contribution in [3.05, 3.63) is 48.0 Å². The number of hydrogen-bond donors (Lipinski definition) is 1. The number of ether oxygens (including phenoxy) is 1. The van der Waals surface area contributed by atoms with Crippen molar-refractivity contribution in [1.29, 1.82) is 0 Å². The van der Waals surface area contributed by atoms with Gasteiger partial charge in [0.15, 0.2) is 0 Å². The zero-order chi connectivity index (χ0) is 13.6. The molecule has 0 radical (unpaired) electrons. The highest BCUT2D eigenvalue weighted by Gasteiger charge is 2.68. The molecule has 0 bridgehead atoms. The van der Waals surface area contributed by atoms with Gasteiger partial charge in [0.1, 0.15) is 0 Å². The largest absolute Gasteiger partial charge is 0.384 e. The van der Waals surface area contributed by atoms with E-state index in [4.69, 9.17) is 4.74 Å². The molecule has 0 aromatic heterocycles. The van der Waals surface area contributed by atoms with E-state index in [0.717, 1.165) is 19.7 Å². The Morgan fingerprint density at radius 2 is 2.00 bits per heavy atom. The van der Waals surface area contributed by atoms with Crippen LogP contribution < -0.4 is 5.32 Å². The predicted octanol–water partition coefficient (Wildman–Crippen LogP) is 3.11. The number of piperidine rings is 1. The lowest BCUT2D eigenvalue weighted by Gasteiger charge is -2.31. The number of fused-ring (bicyclic) bond motifs is 2. The smallest absolute Gasteiger partial charge is 0.0539 e. The van der Waals surface area contributed by atoms with Crippen LogP contribution in [0.25, 0.3) is 10.8 Å². The number of methoxy groups -OCH3 is 1. The first-order valence-corrected chi connectivity index (χ1v) is 7.49. The number of benzene rings is 2. The summed E-state index contributed by atoms with van der Waals surface area (Å²) in [6.45, 7) is 3.08. The molecule has 2 nitrogen and oxygen atoms in total. The average molecular weight is 267 g/mol. The van der Waals surface area contributed by atoms with Crippen LogP contribution in [0.15, 0.2) is 42.5 Å². The summed E-state index contributed by atoms with van der Waals surface area (Å²) in [5, 5.41) is 6.24. The summed E-state index contributed by atoms with van der Waals surface area (Å²) >= 11 is 0. The molecule has 2 heteroatoms. The molecule has 2 atom stereocenters. The van der Waals surface area contributed by atoms with Gasteiger partial charge in [0, 0.05) is 24.5 Å². The monoisotopic (exact) mass is 267 g/mol. The molecule has 2 aromatic rings.